The first-order valence-corrected chi connectivity index (χ1v) is 10.3. The Labute approximate surface area is 189 Å². The van der Waals surface area contributed by atoms with Crippen LogP contribution in [0.5, 0.6) is 11.5 Å². The van der Waals surface area contributed by atoms with Crippen molar-refractivity contribution in [2.24, 2.45) is 0 Å². The van der Waals surface area contributed by atoms with Crippen LogP contribution in [0.2, 0.25) is 5.02 Å². The summed E-state index contributed by atoms with van der Waals surface area (Å²) in [5, 5.41) is 10.3. The van der Waals surface area contributed by atoms with Gasteiger partial charge in [0.2, 0.25) is 0 Å². The van der Waals surface area contributed by atoms with Gasteiger partial charge in [-0.3, -0.25) is 0 Å². The standard InChI is InChI=1S/C25H19ClFN3O2/c1-2-31-24-12-17(5-10-23(24)32-15-16-3-6-19(26)7-4-16)11-18(14-28)25-29-21-9-8-20(27)13-22(21)30-25/h3-13H,2,15H2,1H3,(H,29,30)/b18-11-. The third-order valence-electron chi connectivity index (χ3n) is 4.71. The van der Waals surface area contributed by atoms with Gasteiger partial charge >= 0.3 is 0 Å². The van der Waals surface area contributed by atoms with E-state index >= 15 is 0 Å². The summed E-state index contributed by atoms with van der Waals surface area (Å²) in [7, 11) is 0. The van der Waals surface area contributed by atoms with Crippen LogP contribution in [0.25, 0.3) is 22.7 Å². The van der Waals surface area contributed by atoms with E-state index in [0.717, 1.165) is 11.1 Å². The maximum Gasteiger partial charge on any atom is 0.161 e. The number of halogens is 2. The van der Waals surface area contributed by atoms with E-state index < -0.39 is 0 Å². The Hall–Kier alpha value is -3.82. The molecule has 4 aromatic rings. The van der Waals surface area contributed by atoms with Gasteiger partial charge in [0.15, 0.2) is 11.5 Å². The van der Waals surface area contributed by atoms with E-state index in [1.165, 1.54) is 12.1 Å². The molecule has 0 saturated heterocycles. The van der Waals surface area contributed by atoms with Gasteiger partial charge < -0.3 is 14.5 Å². The fourth-order valence-electron chi connectivity index (χ4n) is 3.17. The van der Waals surface area contributed by atoms with E-state index in [1.807, 2.05) is 37.3 Å². The van der Waals surface area contributed by atoms with E-state index in [-0.39, 0.29) is 5.82 Å². The van der Waals surface area contributed by atoms with Crippen molar-refractivity contribution < 1.29 is 13.9 Å². The average Bonchev–Trinajstić information content (AvgIpc) is 3.21. The van der Waals surface area contributed by atoms with Gasteiger partial charge in [-0.05, 0) is 66.6 Å². The topological polar surface area (TPSA) is 70.9 Å². The first-order valence-electron chi connectivity index (χ1n) is 9.97. The van der Waals surface area contributed by atoms with E-state index in [0.29, 0.717) is 52.2 Å². The third kappa shape index (κ3) is 4.90. The minimum Gasteiger partial charge on any atom is -0.490 e. The number of allylic oxidation sites excluding steroid dienone is 1. The molecule has 0 unspecified atom stereocenters. The maximum atomic E-state index is 13.5. The van der Waals surface area contributed by atoms with Gasteiger partial charge in [-0.25, -0.2) is 9.37 Å². The molecule has 0 bridgehead atoms. The monoisotopic (exact) mass is 447 g/mol. The number of hydrogen-bond acceptors (Lipinski definition) is 4. The first kappa shape index (κ1) is 21.4. The van der Waals surface area contributed by atoms with Crippen molar-refractivity contribution in [1.29, 1.82) is 5.26 Å². The van der Waals surface area contributed by atoms with Gasteiger partial charge in [0.1, 0.15) is 24.3 Å². The smallest absolute Gasteiger partial charge is 0.161 e. The highest BCUT2D eigenvalue weighted by Crippen LogP contribution is 2.31. The first-order chi connectivity index (χ1) is 15.6. The van der Waals surface area contributed by atoms with Crippen LogP contribution in [-0.2, 0) is 6.61 Å². The second-order valence-corrected chi connectivity index (χ2v) is 7.41. The summed E-state index contributed by atoms with van der Waals surface area (Å²) in [5.74, 6) is 1.16. The molecular weight excluding hydrogens is 429 g/mol. The fourth-order valence-corrected chi connectivity index (χ4v) is 3.30. The Morgan fingerprint density at radius 1 is 1.09 bits per heavy atom. The minimum absolute atomic E-state index is 0.318. The predicted molar refractivity (Wildman–Crippen MR) is 123 cm³/mol. The van der Waals surface area contributed by atoms with Crippen LogP contribution >= 0.6 is 11.6 Å². The highest BCUT2D eigenvalue weighted by Gasteiger charge is 2.11. The normalized spacial score (nSPS) is 11.4. The molecule has 32 heavy (non-hydrogen) atoms. The van der Waals surface area contributed by atoms with Crippen LogP contribution in [0.15, 0.2) is 60.7 Å². The Morgan fingerprint density at radius 3 is 2.66 bits per heavy atom. The average molecular weight is 448 g/mol. The lowest BCUT2D eigenvalue weighted by Gasteiger charge is -2.13. The number of H-pyrrole nitrogens is 1. The second kappa shape index (κ2) is 9.54. The molecule has 1 heterocycles. The van der Waals surface area contributed by atoms with Crippen LogP contribution in [0.1, 0.15) is 23.9 Å². The van der Waals surface area contributed by atoms with E-state index in [1.54, 1.807) is 24.3 Å². The van der Waals surface area contributed by atoms with Crippen molar-refractivity contribution >= 4 is 34.3 Å². The molecule has 160 valence electrons. The van der Waals surface area contributed by atoms with Crippen LogP contribution < -0.4 is 9.47 Å². The molecule has 0 aliphatic heterocycles. The highest BCUT2D eigenvalue weighted by atomic mass is 35.5. The molecule has 7 heteroatoms. The lowest BCUT2D eigenvalue weighted by atomic mass is 10.1. The molecule has 0 radical (unpaired) electrons. The number of rotatable bonds is 7. The number of hydrogen-bond donors (Lipinski definition) is 1. The maximum absolute atomic E-state index is 13.5. The number of aromatic amines is 1. The van der Waals surface area contributed by atoms with Crippen molar-refractivity contribution in [2.45, 2.75) is 13.5 Å². The minimum atomic E-state index is -0.370. The number of imidazole rings is 1. The molecule has 4 rings (SSSR count). The number of nitrogens with one attached hydrogen (secondary N) is 1. The molecule has 0 atom stereocenters. The summed E-state index contributed by atoms with van der Waals surface area (Å²) < 4.78 is 25.1. The summed E-state index contributed by atoms with van der Waals surface area (Å²) >= 11 is 5.93. The molecule has 0 fully saturated rings. The summed E-state index contributed by atoms with van der Waals surface area (Å²) in [4.78, 5) is 7.38. The van der Waals surface area contributed by atoms with Gasteiger partial charge in [0.25, 0.3) is 0 Å². The van der Waals surface area contributed by atoms with Gasteiger partial charge in [0, 0.05) is 5.02 Å². The quantitative estimate of drug-likeness (QED) is 0.333. The zero-order valence-corrected chi connectivity index (χ0v) is 18.0. The van der Waals surface area contributed by atoms with Crippen molar-refractivity contribution in [3.8, 4) is 17.6 Å². The van der Waals surface area contributed by atoms with E-state index in [4.69, 9.17) is 21.1 Å². The van der Waals surface area contributed by atoms with Gasteiger partial charge in [-0.15, -0.1) is 0 Å². The van der Waals surface area contributed by atoms with Crippen LogP contribution in [0.3, 0.4) is 0 Å². The second-order valence-electron chi connectivity index (χ2n) is 6.97. The number of nitrogens with zero attached hydrogens (tertiary/aromatic N) is 2. The summed E-state index contributed by atoms with van der Waals surface area (Å²) in [6.45, 7) is 2.72. The largest absolute Gasteiger partial charge is 0.490 e. The number of ether oxygens (including phenoxy) is 2. The molecule has 0 aliphatic rings. The van der Waals surface area contributed by atoms with Gasteiger partial charge in [0.05, 0.1) is 23.2 Å². The number of nitriles is 1. The predicted octanol–water partition coefficient (Wildman–Crippen LogP) is 6.40. The molecular formula is C25H19ClFN3O2. The van der Waals surface area contributed by atoms with E-state index in [2.05, 4.69) is 16.0 Å². The lowest BCUT2D eigenvalue weighted by molar-refractivity contribution is 0.269. The zero-order valence-electron chi connectivity index (χ0n) is 17.2. The number of fused-ring (bicyclic) bond motifs is 1. The highest BCUT2D eigenvalue weighted by molar-refractivity contribution is 6.30. The Balaban J connectivity index is 1.60. The summed E-state index contributed by atoms with van der Waals surface area (Å²) in [6, 6.07) is 19.3. The van der Waals surface area contributed by atoms with Crippen molar-refractivity contribution in [3.05, 3.63) is 88.5 Å². The van der Waals surface area contributed by atoms with Crippen molar-refractivity contribution in [1.82, 2.24) is 9.97 Å². The van der Waals surface area contributed by atoms with Crippen LogP contribution in [0, 0.1) is 17.1 Å². The fraction of sp³-hybridized carbons (Fsp3) is 0.120. The molecule has 1 aromatic heterocycles. The van der Waals surface area contributed by atoms with Crippen molar-refractivity contribution in [3.63, 3.8) is 0 Å². The number of benzene rings is 3. The van der Waals surface area contributed by atoms with Crippen molar-refractivity contribution in [2.75, 3.05) is 6.61 Å². The Bertz CT molecular complexity index is 1320. The molecule has 0 aliphatic carbocycles. The molecule has 1 N–H and O–H groups in total. The Kier molecular flexibility index (Phi) is 6.39. The number of aromatic nitrogens is 2. The van der Waals surface area contributed by atoms with Gasteiger partial charge in [-0.1, -0.05) is 29.8 Å². The molecule has 0 spiro atoms. The summed E-state index contributed by atoms with van der Waals surface area (Å²) in [5.41, 5.74) is 3.16. The summed E-state index contributed by atoms with van der Waals surface area (Å²) in [6.07, 6.45) is 1.69. The molecule has 5 nitrogen and oxygen atoms in total. The van der Waals surface area contributed by atoms with Crippen LogP contribution in [-0.4, -0.2) is 16.6 Å². The Morgan fingerprint density at radius 2 is 1.91 bits per heavy atom. The van der Waals surface area contributed by atoms with Crippen LogP contribution in [0.4, 0.5) is 4.39 Å². The lowest BCUT2D eigenvalue weighted by Crippen LogP contribution is -2.00. The zero-order chi connectivity index (χ0) is 22.5. The SMILES string of the molecule is CCOc1cc(/C=C(/C#N)c2nc3ccc(F)cc3[nH]2)ccc1OCc1ccc(Cl)cc1. The van der Waals surface area contributed by atoms with E-state index in [9.17, 15) is 9.65 Å². The van der Waals surface area contributed by atoms with Gasteiger partial charge in [-0.2, -0.15) is 5.26 Å². The molecule has 0 saturated carbocycles. The molecule has 0 amide bonds. The third-order valence-corrected chi connectivity index (χ3v) is 4.96. The molecule has 3 aromatic carbocycles.